The summed E-state index contributed by atoms with van der Waals surface area (Å²) in [4.78, 5) is 14.3. The van der Waals surface area contributed by atoms with Crippen LogP contribution in [0.3, 0.4) is 0 Å². The number of likely N-dealkylation sites (tertiary alicyclic amines) is 1. The molecule has 2 bridgehead atoms. The van der Waals surface area contributed by atoms with Gasteiger partial charge in [-0.2, -0.15) is 9.97 Å². The molecule has 5 heterocycles. The topological polar surface area (TPSA) is 83.0 Å². The summed E-state index contributed by atoms with van der Waals surface area (Å²) in [6.07, 6.45) is 4.26. The fourth-order valence-corrected chi connectivity index (χ4v) is 8.63. The van der Waals surface area contributed by atoms with Crippen LogP contribution >= 0.6 is 0 Å². The molecule has 1 aromatic heterocycles. The maximum absolute atomic E-state index is 17.0. The Balaban J connectivity index is 1.12. The Morgan fingerprint density at radius 1 is 0.979 bits per heavy atom. The molecule has 5 fully saturated rings. The maximum Gasteiger partial charge on any atom is 0.319 e. The highest BCUT2D eigenvalue weighted by molar-refractivity contribution is 6.02. The molecule has 47 heavy (non-hydrogen) atoms. The van der Waals surface area contributed by atoms with Crippen LogP contribution in [0.15, 0.2) is 30.3 Å². The molecule has 4 unspecified atom stereocenters. The number of anilines is 1. The molecule has 3 aromatic carbocycles. The zero-order chi connectivity index (χ0) is 32.0. The summed E-state index contributed by atoms with van der Waals surface area (Å²) in [6, 6.07) is 7.59. The van der Waals surface area contributed by atoms with Gasteiger partial charge in [0, 0.05) is 78.4 Å². The Labute approximate surface area is 270 Å². The number of nitrogens with zero attached hydrogens (tertiary/aromatic N) is 4. The van der Waals surface area contributed by atoms with E-state index in [-0.39, 0.29) is 44.6 Å². The average molecular weight is 646 g/mol. The second-order valence-electron chi connectivity index (χ2n) is 14.6. The van der Waals surface area contributed by atoms with Crippen molar-refractivity contribution in [2.75, 3.05) is 57.4 Å². The van der Waals surface area contributed by atoms with Crippen molar-refractivity contribution < 1.29 is 27.8 Å². The number of piperazine rings is 1. The molecule has 0 radical (unpaired) electrons. The van der Waals surface area contributed by atoms with Crippen LogP contribution in [0.1, 0.15) is 31.2 Å². The first-order chi connectivity index (χ1) is 22.7. The average Bonchev–Trinajstić information content (AvgIpc) is 3.29. The van der Waals surface area contributed by atoms with E-state index in [1.807, 2.05) is 6.07 Å². The second kappa shape index (κ2) is 10.9. The predicted octanol–water partition coefficient (Wildman–Crippen LogP) is 5.56. The van der Waals surface area contributed by atoms with Crippen molar-refractivity contribution in [2.45, 2.75) is 44.7 Å². The van der Waals surface area contributed by atoms with E-state index < -0.39 is 17.5 Å². The van der Waals surface area contributed by atoms with Crippen molar-refractivity contribution in [1.29, 1.82) is 0 Å². The molecule has 2 N–H and O–H groups in total. The number of aromatic hydroxyl groups is 1. The van der Waals surface area contributed by atoms with Gasteiger partial charge < -0.3 is 29.7 Å². The Kier molecular flexibility index (Phi) is 6.85. The lowest BCUT2D eigenvalue weighted by molar-refractivity contribution is 0.131. The number of phenols is 1. The van der Waals surface area contributed by atoms with Gasteiger partial charge >= 0.3 is 6.01 Å². The monoisotopic (exact) mass is 645 g/mol. The Morgan fingerprint density at radius 3 is 2.45 bits per heavy atom. The lowest BCUT2D eigenvalue weighted by atomic mass is 9.92. The first kappa shape index (κ1) is 29.5. The summed E-state index contributed by atoms with van der Waals surface area (Å²) in [7, 11) is 0. The fourth-order valence-electron chi connectivity index (χ4n) is 8.63. The highest BCUT2D eigenvalue weighted by atomic mass is 19.2. The summed E-state index contributed by atoms with van der Waals surface area (Å²) >= 11 is 0. The van der Waals surface area contributed by atoms with Crippen molar-refractivity contribution in [2.24, 2.45) is 17.3 Å². The van der Waals surface area contributed by atoms with Gasteiger partial charge in [0.15, 0.2) is 17.5 Å². The summed E-state index contributed by atoms with van der Waals surface area (Å²) < 4.78 is 58.8. The largest absolute Gasteiger partial charge is 0.508 e. The number of hydrogen-bond donors (Lipinski definition) is 2. The molecule has 0 spiro atoms. The van der Waals surface area contributed by atoms with Gasteiger partial charge in [-0.05, 0) is 73.4 Å². The number of hydrogen-bond acceptors (Lipinski definition) is 8. The smallest absolute Gasteiger partial charge is 0.319 e. The number of fused-ring (bicyclic) bond motifs is 5. The summed E-state index contributed by atoms with van der Waals surface area (Å²) in [5.41, 5.74) is 0.697. The van der Waals surface area contributed by atoms with Crippen LogP contribution in [-0.4, -0.2) is 84.6 Å². The van der Waals surface area contributed by atoms with Crippen molar-refractivity contribution >= 4 is 27.5 Å². The van der Waals surface area contributed by atoms with Gasteiger partial charge in [0.25, 0.3) is 0 Å². The number of ether oxygens (including phenoxy) is 2. The Bertz CT molecular complexity index is 1900. The lowest BCUT2D eigenvalue weighted by Crippen LogP contribution is -2.51. The number of aryl methyl sites for hydroxylation is 1. The molecule has 9 rings (SSSR count). The fraction of sp³-hybridized carbons (Fsp3) is 0.500. The maximum atomic E-state index is 17.0. The first-order valence-corrected chi connectivity index (χ1v) is 16.8. The number of nitrogens with one attached hydrogen (secondary N) is 1. The van der Waals surface area contributed by atoms with Gasteiger partial charge in [0.05, 0.1) is 19.8 Å². The van der Waals surface area contributed by atoms with E-state index in [0.29, 0.717) is 47.3 Å². The molecule has 0 amide bonds. The number of phenolic OH excluding ortho intramolecular Hbond substituents is 1. The van der Waals surface area contributed by atoms with Gasteiger partial charge in [-0.25, -0.2) is 13.2 Å². The third-order valence-corrected chi connectivity index (χ3v) is 11.2. The van der Waals surface area contributed by atoms with E-state index >= 15 is 8.78 Å². The first-order valence-electron chi connectivity index (χ1n) is 16.8. The molecule has 1 aliphatic carbocycles. The van der Waals surface area contributed by atoms with Crippen molar-refractivity contribution in [1.82, 2.24) is 20.2 Å². The van der Waals surface area contributed by atoms with Gasteiger partial charge in [-0.1, -0.05) is 6.07 Å². The standard InChI is InChI=1S/C36H38F3N5O3/c1-19-8-27-33(32(39)29(19)26-10-25(45)9-20-2-5-28(37)31(38)30(20)26)41-35(42-34(27)44-13-23-3-4-24(14-44)40-23)47-18-36(6-7-36)17-43-11-21-15-46-16-22(21)12-43/h2,5,8-10,21-24,40,45H,3-4,6-7,11-18H2,1H3. The molecule has 5 aliphatic rings. The summed E-state index contributed by atoms with van der Waals surface area (Å²) in [5.74, 6) is -1.16. The minimum absolute atomic E-state index is 0.0190. The minimum Gasteiger partial charge on any atom is -0.508 e. The second-order valence-corrected chi connectivity index (χ2v) is 14.6. The van der Waals surface area contributed by atoms with Gasteiger partial charge in [-0.15, -0.1) is 0 Å². The lowest BCUT2D eigenvalue weighted by Gasteiger charge is -2.34. The van der Waals surface area contributed by atoms with Crippen LogP contribution in [0.2, 0.25) is 0 Å². The van der Waals surface area contributed by atoms with E-state index in [2.05, 4.69) is 20.1 Å². The molecule has 246 valence electrons. The summed E-state index contributed by atoms with van der Waals surface area (Å²) in [6.45, 7) is 8.38. The highest BCUT2D eigenvalue weighted by Crippen LogP contribution is 2.48. The molecule has 4 aromatic rings. The third kappa shape index (κ3) is 5.09. The molecule has 11 heteroatoms. The Hall–Kier alpha value is -3.67. The SMILES string of the molecule is Cc1cc2c(N3CC4CCC(C3)N4)nc(OCC3(CN4CC5COCC5C4)CC3)nc2c(F)c1-c1cc(O)cc2ccc(F)c(F)c12. The van der Waals surface area contributed by atoms with E-state index in [9.17, 15) is 9.50 Å². The van der Waals surface area contributed by atoms with E-state index in [0.717, 1.165) is 77.7 Å². The number of halogens is 3. The van der Waals surface area contributed by atoms with E-state index in [1.165, 1.54) is 18.2 Å². The van der Waals surface area contributed by atoms with E-state index in [1.54, 1.807) is 6.92 Å². The molecule has 4 atom stereocenters. The van der Waals surface area contributed by atoms with E-state index in [4.69, 9.17) is 14.5 Å². The highest BCUT2D eigenvalue weighted by Gasteiger charge is 2.48. The van der Waals surface area contributed by atoms with Crippen LogP contribution < -0.4 is 15.0 Å². The zero-order valence-corrected chi connectivity index (χ0v) is 26.4. The van der Waals surface area contributed by atoms with Crippen LogP contribution in [0.25, 0.3) is 32.8 Å². The molecule has 4 saturated heterocycles. The van der Waals surface area contributed by atoms with Gasteiger partial charge in [-0.3, -0.25) is 0 Å². The van der Waals surface area contributed by atoms with Crippen LogP contribution in [0.5, 0.6) is 11.8 Å². The van der Waals surface area contributed by atoms with Crippen LogP contribution in [-0.2, 0) is 4.74 Å². The van der Waals surface area contributed by atoms with Gasteiger partial charge in [0.2, 0.25) is 0 Å². The van der Waals surface area contributed by atoms with Crippen molar-refractivity contribution in [3.63, 3.8) is 0 Å². The number of rotatable bonds is 7. The quantitative estimate of drug-likeness (QED) is 0.271. The Morgan fingerprint density at radius 2 is 1.72 bits per heavy atom. The van der Waals surface area contributed by atoms with Crippen LogP contribution in [0.4, 0.5) is 19.0 Å². The molecule has 1 saturated carbocycles. The molecular weight excluding hydrogens is 607 g/mol. The van der Waals surface area contributed by atoms with Gasteiger partial charge in [0.1, 0.15) is 17.1 Å². The minimum atomic E-state index is -1.09. The number of benzene rings is 3. The van der Waals surface area contributed by atoms with Crippen molar-refractivity contribution in [3.8, 4) is 22.9 Å². The zero-order valence-electron chi connectivity index (χ0n) is 26.4. The third-order valence-electron chi connectivity index (χ3n) is 11.2. The molecule has 4 aliphatic heterocycles. The normalized spacial score (nSPS) is 26.4. The predicted molar refractivity (Wildman–Crippen MR) is 172 cm³/mol. The molecule has 8 nitrogen and oxygen atoms in total. The molecular formula is C36H38F3N5O3. The van der Waals surface area contributed by atoms with Crippen LogP contribution in [0, 0.1) is 41.6 Å². The summed E-state index contributed by atoms with van der Waals surface area (Å²) in [5, 5.41) is 14.9. The van der Waals surface area contributed by atoms with Crippen molar-refractivity contribution in [3.05, 3.63) is 53.3 Å². The number of aromatic nitrogens is 2.